The topological polar surface area (TPSA) is 29.1 Å². The number of benzene rings is 1. The first-order chi connectivity index (χ1) is 11.2. The number of rotatable bonds is 4. The SMILES string of the molecule is CCCC1=C(NC(=O)c2c(Cl)cccc2C(F)(F)F)C#CC(C)S1. The molecule has 1 heterocycles. The van der Waals surface area contributed by atoms with E-state index in [0.717, 1.165) is 17.4 Å². The molecular weight excluding hydrogens is 359 g/mol. The predicted octanol–water partition coefficient (Wildman–Crippen LogP) is 5.24. The number of halogens is 4. The van der Waals surface area contributed by atoms with Crippen LogP contribution in [0.2, 0.25) is 5.02 Å². The molecule has 0 fully saturated rings. The van der Waals surface area contributed by atoms with Gasteiger partial charge in [-0.05, 0) is 31.4 Å². The largest absolute Gasteiger partial charge is 0.417 e. The Balaban J connectivity index is 2.39. The third-order valence-corrected chi connectivity index (χ3v) is 4.74. The number of hydrogen-bond donors (Lipinski definition) is 1. The van der Waals surface area contributed by atoms with Gasteiger partial charge in [0.2, 0.25) is 0 Å². The molecule has 1 amide bonds. The Bertz CT molecular complexity index is 746. The van der Waals surface area contributed by atoms with Crippen LogP contribution in [0.15, 0.2) is 28.8 Å². The average molecular weight is 374 g/mol. The number of amides is 1. The summed E-state index contributed by atoms with van der Waals surface area (Å²) in [6.45, 7) is 3.91. The molecule has 1 aliphatic heterocycles. The van der Waals surface area contributed by atoms with Crippen molar-refractivity contribution in [1.82, 2.24) is 5.32 Å². The zero-order valence-electron chi connectivity index (χ0n) is 13.1. The van der Waals surface area contributed by atoms with Gasteiger partial charge >= 0.3 is 6.18 Å². The number of thioether (sulfide) groups is 1. The summed E-state index contributed by atoms with van der Waals surface area (Å²) in [5.41, 5.74) is -1.28. The van der Waals surface area contributed by atoms with Crippen LogP contribution < -0.4 is 5.32 Å². The van der Waals surface area contributed by atoms with Crippen LogP contribution in [0.1, 0.15) is 42.6 Å². The van der Waals surface area contributed by atoms with E-state index in [0.29, 0.717) is 12.1 Å². The minimum absolute atomic E-state index is 0.0817. The van der Waals surface area contributed by atoms with Crippen molar-refractivity contribution >= 4 is 29.3 Å². The first-order valence-corrected chi connectivity index (χ1v) is 8.58. The molecule has 0 saturated heterocycles. The number of hydrogen-bond acceptors (Lipinski definition) is 2. The summed E-state index contributed by atoms with van der Waals surface area (Å²) in [6.07, 6.45) is -3.12. The van der Waals surface area contributed by atoms with Gasteiger partial charge in [-0.3, -0.25) is 4.79 Å². The van der Waals surface area contributed by atoms with E-state index in [2.05, 4.69) is 17.2 Å². The third kappa shape index (κ3) is 4.28. The summed E-state index contributed by atoms with van der Waals surface area (Å²) < 4.78 is 39.4. The van der Waals surface area contributed by atoms with Crippen LogP contribution in [0, 0.1) is 11.8 Å². The van der Waals surface area contributed by atoms with Crippen molar-refractivity contribution in [2.45, 2.75) is 38.1 Å². The lowest BCUT2D eigenvalue weighted by molar-refractivity contribution is -0.137. The van der Waals surface area contributed by atoms with Crippen LogP contribution in [-0.2, 0) is 6.18 Å². The second kappa shape index (κ2) is 7.54. The minimum atomic E-state index is -4.67. The van der Waals surface area contributed by atoms with E-state index in [1.165, 1.54) is 23.9 Å². The molecule has 7 heteroatoms. The van der Waals surface area contributed by atoms with Crippen molar-refractivity contribution in [3.05, 3.63) is 45.0 Å². The lowest BCUT2D eigenvalue weighted by Gasteiger charge is -2.18. The molecule has 2 rings (SSSR count). The van der Waals surface area contributed by atoms with Gasteiger partial charge in [0.25, 0.3) is 5.91 Å². The van der Waals surface area contributed by atoms with Crippen LogP contribution in [0.5, 0.6) is 0 Å². The number of carbonyl (C=O) groups excluding carboxylic acids is 1. The molecule has 0 spiro atoms. The zero-order valence-corrected chi connectivity index (χ0v) is 14.6. The lowest BCUT2D eigenvalue weighted by atomic mass is 10.1. The van der Waals surface area contributed by atoms with Crippen molar-refractivity contribution < 1.29 is 18.0 Å². The van der Waals surface area contributed by atoms with Crippen LogP contribution in [-0.4, -0.2) is 11.2 Å². The Kier molecular flexibility index (Phi) is 5.89. The fourth-order valence-corrected chi connectivity index (χ4v) is 3.57. The van der Waals surface area contributed by atoms with Gasteiger partial charge < -0.3 is 5.32 Å². The Morgan fingerprint density at radius 1 is 1.42 bits per heavy atom. The van der Waals surface area contributed by atoms with Gasteiger partial charge in [0.15, 0.2) is 0 Å². The number of carbonyl (C=O) groups is 1. The molecular formula is C17H15ClF3NOS. The van der Waals surface area contributed by atoms with E-state index < -0.39 is 23.2 Å². The minimum Gasteiger partial charge on any atom is -0.314 e. The zero-order chi connectivity index (χ0) is 17.9. The van der Waals surface area contributed by atoms with Gasteiger partial charge in [-0.25, -0.2) is 0 Å². The van der Waals surface area contributed by atoms with E-state index in [1.807, 2.05) is 13.8 Å². The molecule has 1 N–H and O–H groups in total. The lowest BCUT2D eigenvalue weighted by Crippen LogP contribution is -2.27. The first-order valence-electron chi connectivity index (χ1n) is 7.32. The van der Waals surface area contributed by atoms with Crippen LogP contribution in [0.25, 0.3) is 0 Å². The van der Waals surface area contributed by atoms with E-state index in [1.54, 1.807) is 0 Å². The highest BCUT2D eigenvalue weighted by Crippen LogP contribution is 2.35. The van der Waals surface area contributed by atoms with E-state index in [9.17, 15) is 18.0 Å². The van der Waals surface area contributed by atoms with Crippen LogP contribution in [0.3, 0.4) is 0 Å². The Labute approximate surface area is 147 Å². The number of allylic oxidation sites excluding steroid dienone is 2. The molecule has 1 aromatic carbocycles. The molecule has 1 atom stereocenters. The summed E-state index contributed by atoms with van der Waals surface area (Å²) >= 11 is 7.36. The van der Waals surface area contributed by atoms with Crippen molar-refractivity contribution in [2.75, 3.05) is 0 Å². The fourth-order valence-electron chi connectivity index (χ4n) is 2.22. The highest BCUT2D eigenvalue weighted by atomic mass is 35.5. The molecule has 24 heavy (non-hydrogen) atoms. The Hall–Kier alpha value is -1.58. The van der Waals surface area contributed by atoms with Crippen molar-refractivity contribution in [3.8, 4) is 11.8 Å². The van der Waals surface area contributed by atoms with Gasteiger partial charge in [0, 0.05) is 4.91 Å². The molecule has 1 aromatic rings. The quantitative estimate of drug-likeness (QED) is 0.731. The molecule has 0 saturated carbocycles. The monoisotopic (exact) mass is 373 g/mol. The van der Waals surface area contributed by atoms with Gasteiger partial charge in [-0.2, -0.15) is 13.2 Å². The van der Waals surface area contributed by atoms with Crippen LogP contribution in [0.4, 0.5) is 13.2 Å². The van der Waals surface area contributed by atoms with Crippen molar-refractivity contribution in [2.24, 2.45) is 0 Å². The fraction of sp³-hybridized carbons (Fsp3) is 0.353. The van der Waals surface area contributed by atoms with Crippen molar-refractivity contribution in [3.63, 3.8) is 0 Å². The molecule has 0 aliphatic carbocycles. The molecule has 128 valence electrons. The predicted molar refractivity (Wildman–Crippen MR) is 90.7 cm³/mol. The normalized spacial score (nSPS) is 17.3. The van der Waals surface area contributed by atoms with Gasteiger partial charge in [-0.15, -0.1) is 11.8 Å². The van der Waals surface area contributed by atoms with E-state index >= 15 is 0 Å². The van der Waals surface area contributed by atoms with E-state index in [-0.39, 0.29) is 10.3 Å². The average Bonchev–Trinajstić information content (AvgIpc) is 2.49. The maximum absolute atomic E-state index is 13.1. The Morgan fingerprint density at radius 2 is 2.12 bits per heavy atom. The second-order valence-electron chi connectivity index (χ2n) is 5.19. The maximum Gasteiger partial charge on any atom is 0.417 e. The standard InChI is InChI=1S/C17H15ClF3NOS/c1-3-5-14-13(9-8-10(2)24-14)22-16(23)15-11(17(19,20)21)6-4-7-12(15)18/h4,6-7,10H,3,5H2,1-2H3,(H,22,23). The van der Waals surface area contributed by atoms with Gasteiger partial charge in [0.05, 0.1) is 21.4 Å². The Morgan fingerprint density at radius 3 is 2.75 bits per heavy atom. The third-order valence-electron chi connectivity index (χ3n) is 3.26. The van der Waals surface area contributed by atoms with Gasteiger partial charge in [-0.1, -0.05) is 36.9 Å². The highest BCUT2D eigenvalue weighted by molar-refractivity contribution is 8.03. The smallest absolute Gasteiger partial charge is 0.314 e. The maximum atomic E-state index is 13.1. The summed E-state index contributed by atoms with van der Waals surface area (Å²) in [5.74, 6) is 4.85. The van der Waals surface area contributed by atoms with Crippen LogP contribution >= 0.6 is 23.4 Å². The number of alkyl halides is 3. The van der Waals surface area contributed by atoms with Gasteiger partial charge in [0.1, 0.15) is 5.70 Å². The molecule has 0 radical (unpaired) electrons. The molecule has 1 aliphatic rings. The molecule has 2 nitrogen and oxygen atoms in total. The summed E-state index contributed by atoms with van der Waals surface area (Å²) in [5, 5.41) is 2.34. The summed E-state index contributed by atoms with van der Waals surface area (Å²) in [4.78, 5) is 13.3. The summed E-state index contributed by atoms with van der Waals surface area (Å²) in [7, 11) is 0. The second-order valence-corrected chi connectivity index (χ2v) is 7.03. The molecule has 1 unspecified atom stereocenters. The number of nitrogens with one attached hydrogen (secondary N) is 1. The highest BCUT2D eigenvalue weighted by Gasteiger charge is 2.36. The summed E-state index contributed by atoms with van der Waals surface area (Å²) in [6, 6.07) is 3.27. The molecule has 0 aromatic heterocycles. The van der Waals surface area contributed by atoms with E-state index in [4.69, 9.17) is 11.6 Å². The van der Waals surface area contributed by atoms with Crippen molar-refractivity contribution in [1.29, 1.82) is 0 Å². The molecule has 0 bridgehead atoms. The first kappa shape index (κ1) is 18.8.